The first kappa shape index (κ1) is 21.7. The van der Waals surface area contributed by atoms with E-state index >= 15 is 0 Å². The second-order valence-corrected chi connectivity index (χ2v) is 9.48. The number of aryl methyl sites for hydroxylation is 1. The van der Waals surface area contributed by atoms with Gasteiger partial charge < -0.3 is 5.11 Å². The molecule has 164 valence electrons. The number of benzene rings is 2. The van der Waals surface area contributed by atoms with Gasteiger partial charge in [0.05, 0.1) is 16.9 Å². The van der Waals surface area contributed by atoms with Gasteiger partial charge in [-0.05, 0) is 43.0 Å². The van der Waals surface area contributed by atoms with Gasteiger partial charge in [-0.25, -0.2) is 9.67 Å². The summed E-state index contributed by atoms with van der Waals surface area (Å²) in [6.07, 6.45) is -0.555. The zero-order valence-corrected chi connectivity index (χ0v) is 17.7. The first-order valence-electron chi connectivity index (χ1n) is 9.80. The first-order valence-corrected chi connectivity index (χ1v) is 11.3. The van der Waals surface area contributed by atoms with E-state index in [-0.39, 0.29) is 17.1 Å². The molecule has 1 heterocycles. The van der Waals surface area contributed by atoms with Crippen molar-refractivity contribution in [1.29, 1.82) is 0 Å². The summed E-state index contributed by atoms with van der Waals surface area (Å²) in [6, 6.07) is 12.0. The quantitative estimate of drug-likeness (QED) is 0.594. The molecular formula is C22H22F3N3O2S. The van der Waals surface area contributed by atoms with Crippen LogP contribution < -0.4 is 0 Å². The number of nitrogens with zero attached hydrogens (tertiary/aromatic N) is 3. The van der Waals surface area contributed by atoms with Crippen molar-refractivity contribution in [2.24, 2.45) is 0 Å². The molecule has 2 atom stereocenters. The van der Waals surface area contributed by atoms with Crippen molar-refractivity contribution in [2.75, 3.05) is 5.75 Å². The fraction of sp³-hybridized carbons (Fsp3) is 0.364. The van der Waals surface area contributed by atoms with Gasteiger partial charge in [-0.15, -0.1) is 0 Å². The second-order valence-electron chi connectivity index (χ2n) is 8.02. The van der Waals surface area contributed by atoms with Crippen LogP contribution in [0.4, 0.5) is 13.2 Å². The molecule has 31 heavy (non-hydrogen) atoms. The van der Waals surface area contributed by atoms with Crippen LogP contribution in [0.2, 0.25) is 0 Å². The lowest BCUT2D eigenvalue weighted by Crippen LogP contribution is -2.48. The predicted molar refractivity (Wildman–Crippen MR) is 110 cm³/mol. The zero-order valence-electron chi connectivity index (χ0n) is 16.8. The summed E-state index contributed by atoms with van der Waals surface area (Å²) >= 11 is 0. The Kier molecular flexibility index (Phi) is 5.51. The summed E-state index contributed by atoms with van der Waals surface area (Å²) in [6.45, 7) is 1.96. The van der Waals surface area contributed by atoms with Crippen LogP contribution in [0.15, 0.2) is 61.2 Å². The number of aromatic nitrogens is 3. The minimum atomic E-state index is -4.48. The lowest BCUT2D eigenvalue weighted by atomic mass is 9.85. The summed E-state index contributed by atoms with van der Waals surface area (Å²) in [5.74, 6) is 0.1000. The second kappa shape index (κ2) is 7.87. The molecule has 0 saturated heterocycles. The van der Waals surface area contributed by atoms with Crippen LogP contribution in [0.1, 0.15) is 35.1 Å². The van der Waals surface area contributed by atoms with Gasteiger partial charge in [0.1, 0.15) is 18.3 Å². The number of aliphatic hydroxyl groups is 1. The van der Waals surface area contributed by atoms with Gasteiger partial charge in [0.2, 0.25) is 0 Å². The number of alkyl halides is 3. The highest BCUT2D eigenvalue weighted by atomic mass is 32.2. The van der Waals surface area contributed by atoms with Gasteiger partial charge in [0, 0.05) is 16.6 Å². The first-order chi connectivity index (χ1) is 14.6. The fourth-order valence-corrected chi connectivity index (χ4v) is 5.52. The molecular weight excluding hydrogens is 427 g/mol. The van der Waals surface area contributed by atoms with E-state index in [2.05, 4.69) is 10.1 Å². The highest BCUT2D eigenvalue weighted by molar-refractivity contribution is 7.84. The molecule has 1 aromatic heterocycles. The molecule has 1 saturated carbocycles. The Morgan fingerprint density at radius 2 is 1.68 bits per heavy atom. The summed E-state index contributed by atoms with van der Waals surface area (Å²) in [5.41, 5.74) is -1.13. The molecule has 0 amide bonds. The smallest absolute Gasteiger partial charge is 0.382 e. The molecule has 1 aliphatic rings. The molecule has 1 N–H and O–H groups in total. The van der Waals surface area contributed by atoms with Crippen molar-refractivity contribution < 1.29 is 22.5 Å². The van der Waals surface area contributed by atoms with Gasteiger partial charge in [0.15, 0.2) is 0 Å². The van der Waals surface area contributed by atoms with Crippen LogP contribution in [0.3, 0.4) is 0 Å². The highest BCUT2D eigenvalue weighted by Gasteiger charge is 2.62. The third kappa shape index (κ3) is 4.16. The molecule has 1 aliphatic carbocycles. The zero-order chi connectivity index (χ0) is 22.3. The molecule has 1 fully saturated rings. The maximum absolute atomic E-state index is 13.1. The largest absolute Gasteiger partial charge is 0.416 e. The van der Waals surface area contributed by atoms with Crippen LogP contribution in [0.5, 0.6) is 0 Å². The molecule has 0 bridgehead atoms. The number of halogens is 3. The lowest BCUT2D eigenvalue weighted by Gasteiger charge is -2.37. The highest BCUT2D eigenvalue weighted by Crippen LogP contribution is 2.56. The van der Waals surface area contributed by atoms with E-state index in [1.165, 1.54) is 29.5 Å². The molecule has 2 aromatic carbocycles. The summed E-state index contributed by atoms with van der Waals surface area (Å²) < 4.78 is 53.7. The Bertz CT molecular complexity index is 1060. The van der Waals surface area contributed by atoms with Crippen LogP contribution in [-0.2, 0) is 33.9 Å². The van der Waals surface area contributed by atoms with Crippen molar-refractivity contribution in [3.63, 3.8) is 0 Å². The Morgan fingerprint density at radius 1 is 1.06 bits per heavy atom. The maximum atomic E-state index is 13.1. The Hall–Kier alpha value is -2.52. The van der Waals surface area contributed by atoms with Gasteiger partial charge >= 0.3 is 6.18 Å². The molecule has 0 radical (unpaired) electrons. The molecule has 0 aliphatic heterocycles. The van der Waals surface area contributed by atoms with E-state index < -0.39 is 33.7 Å². The van der Waals surface area contributed by atoms with E-state index in [4.69, 9.17) is 0 Å². The third-order valence-corrected chi connectivity index (χ3v) is 7.25. The van der Waals surface area contributed by atoms with Gasteiger partial charge in [-0.2, -0.15) is 18.3 Å². The van der Waals surface area contributed by atoms with Crippen molar-refractivity contribution in [3.05, 3.63) is 83.4 Å². The summed E-state index contributed by atoms with van der Waals surface area (Å²) in [7, 11) is -1.47. The average Bonchev–Trinajstić information content (AvgIpc) is 3.36. The fourth-order valence-electron chi connectivity index (χ4n) is 3.96. The van der Waals surface area contributed by atoms with Crippen molar-refractivity contribution >= 4 is 10.8 Å². The summed E-state index contributed by atoms with van der Waals surface area (Å²) in [5, 5.41) is 16.0. The molecule has 5 nitrogen and oxygen atoms in total. The molecule has 9 heteroatoms. The Morgan fingerprint density at radius 3 is 2.19 bits per heavy atom. The van der Waals surface area contributed by atoms with Crippen LogP contribution in [0, 0.1) is 6.92 Å². The SMILES string of the molecule is Cc1ccc(CS(=O)CC(O)(c2ccc(C(F)(F)F)cc2)C2(n3cncn3)CC2)cc1. The number of hydrogen-bond acceptors (Lipinski definition) is 4. The monoisotopic (exact) mass is 449 g/mol. The third-order valence-electron chi connectivity index (χ3n) is 5.86. The molecule has 0 spiro atoms. The standard InChI is InChI=1S/C22H22F3N3O2S/c1-16-2-4-17(5-3-16)12-31(30)13-21(29,20(10-11-20)28-15-26-14-27-28)18-6-8-19(9-7-18)22(23,24)25/h2-9,14-15,29H,10-13H2,1H3. The maximum Gasteiger partial charge on any atom is 0.416 e. The van der Waals surface area contributed by atoms with E-state index in [1.807, 2.05) is 31.2 Å². The lowest BCUT2D eigenvalue weighted by molar-refractivity contribution is -0.137. The minimum absolute atomic E-state index is 0.133. The van der Waals surface area contributed by atoms with Crippen molar-refractivity contribution in [2.45, 2.75) is 42.8 Å². The van der Waals surface area contributed by atoms with E-state index in [0.717, 1.165) is 23.3 Å². The van der Waals surface area contributed by atoms with E-state index in [9.17, 15) is 22.5 Å². The van der Waals surface area contributed by atoms with Crippen LogP contribution in [0.25, 0.3) is 0 Å². The number of hydrogen-bond donors (Lipinski definition) is 1. The minimum Gasteiger partial charge on any atom is -0.382 e. The predicted octanol–water partition coefficient (Wildman–Crippen LogP) is 3.93. The van der Waals surface area contributed by atoms with Crippen molar-refractivity contribution in [1.82, 2.24) is 14.8 Å². The van der Waals surface area contributed by atoms with Crippen LogP contribution >= 0.6 is 0 Å². The van der Waals surface area contributed by atoms with E-state index in [1.54, 1.807) is 0 Å². The normalized spacial score (nSPS) is 18.4. The van der Waals surface area contributed by atoms with Crippen LogP contribution in [-0.4, -0.2) is 29.8 Å². The summed E-state index contributed by atoms with van der Waals surface area (Å²) in [4.78, 5) is 3.95. The molecule has 3 aromatic rings. The van der Waals surface area contributed by atoms with Crippen molar-refractivity contribution in [3.8, 4) is 0 Å². The molecule has 4 rings (SSSR count). The Balaban J connectivity index is 1.68. The van der Waals surface area contributed by atoms with E-state index in [0.29, 0.717) is 12.8 Å². The van der Waals surface area contributed by atoms with Gasteiger partial charge in [-0.1, -0.05) is 42.0 Å². The van der Waals surface area contributed by atoms with Gasteiger partial charge in [0.25, 0.3) is 0 Å². The Labute approximate surface area is 180 Å². The average molecular weight is 449 g/mol. The molecule has 2 unspecified atom stereocenters. The topological polar surface area (TPSA) is 68.0 Å². The number of rotatable bonds is 7. The van der Waals surface area contributed by atoms with Gasteiger partial charge in [-0.3, -0.25) is 4.21 Å².